The van der Waals surface area contributed by atoms with E-state index in [1.165, 1.54) is 302 Å². The lowest BCUT2D eigenvalue weighted by Gasteiger charge is -2.21. The van der Waals surface area contributed by atoms with Crippen molar-refractivity contribution in [2.75, 3.05) is 39.6 Å². The van der Waals surface area contributed by atoms with Crippen LogP contribution < -0.4 is 0 Å². The van der Waals surface area contributed by atoms with Gasteiger partial charge in [-0.3, -0.25) is 37.3 Å². The molecule has 0 amide bonds. The van der Waals surface area contributed by atoms with Crippen molar-refractivity contribution in [1.29, 1.82) is 0 Å². The highest BCUT2D eigenvalue weighted by Crippen LogP contribution is 2.45. The molecule has 0 aliphatic carbocycles. The molecule has 0 saturated heterocycles. The summed E-state index contributed by atoms with van der Waals surface area (Å²) in [5.41, 5.74) is 0. The molecule has 0 aliphatic rings. The van der Waals surface area contributed by atoms with Gasteiger partial charge in [0.05, 0.1) is 26.4 Å². The first-order valence-corrected chi connectivity index (χ1v) is 50.0. The van der Waals surface area contributed by atoms with Crippen LogP contribution in [0.2, 0.25) is 0 Å². The largest absolute Gasteiger partial charge is 0.472 e. The van der Waals surface area contributed by atoms with Gasteiger partial charge in [0.15, 0.2) is 12.2 Å². The van der Waals surface area contributed by atoms with E-state index < -0.39 is 97.5 Å². The Balaban J connectivity index is 5.21. The van der Waals surface area contributed by atoms with Crippen LogP contribution in [0.25, 0.3) is 0 Å². The molecule has 0 aromatic rings. The molecule has 6 atom stereocenters. The smallest absolute Gasteiger partial charge is 0.462 e. The quantitative estimate of drug-likeness (QED) is 0.0222. The fourth-order valence-electron chi connectivity index (χ4n) is 14.3. The topological polar surface area (TPSA) is 237 Å². The molecule has 0 heterocycles. The van der Waals surface area contributed by atoms with Gasteiger partial charge in [0, 0.05) is 25.7 Å². The molecule has 0 spiro atoms. The maximum Gasteiger partial charge on any atom is 0.472 e. The SMILES string of the molecule is CCCCCCCCCCCCCCCCCCCCCCCCC(=O)O[C@H](COC(=O)CCCCCCCCCCCCCCCCCCC(C)C)COP(=O)(O)OC[C@@H](O)COP(=O)(O)OC[C@@H](COC(=O)CCCCCCCCC(C)CC)OC(=O)CCCCCCCCCCCCCCCCCCCCC. The number of hydrogen-bond donors (Lipinski definition) is 3. The second-order valence-corrected chi connectivity index (χ2v) is 36.3. The Bertz CT molecular complexity index is 2100. The summed E-state index contributed by atoms with van der Waals surface area (Å²) in [5, 5.41) is 10.7. The van der Waals surface area contributed by atoms with Crippen molar-refractivity contribution in [1.82, 2.24) is 0 Å². The molecule has 654 valence electrons. The van der Waals surface area contributed by atoms with Crippen LogP contribution in [0.5, 0.6) is 0 Å². The van der Waals surface area contributed by atoms with Crippen molar-refractivity contribution in [2.24, 2.45) is 11.8 Å². The van der Waals surface area contributed by atoms with E-state index in [0.29, 0.717) is 25.7 Å². The summed E-state index contributed by atoms with van der Waals surface area (Å²) in [5.74, 6) is -0.555. The summed E-state index contributed by atoms with van der Waals surface area (Å²) in [6, 6.07) is 0. The Hall–Kier alpha value is -1.94. The van der Waals surface area contributed by atoms with E-state index in [4.69, 9.17) is 37.0 Å². The van der Waals surface area contributed by atoms with E-state index in [-0.39, 0.29) is 25.7 Å². The number of rotatable bonds is 90. The highest BCUT2D eigenvalue weighted by atomic mass is 31.2. The molecule has 3 N–H and O–H groups in total. The summed E-state index contributed by atoms with van der Waals surface area (Å²) in [7, 11) is -9.94. The Morgan fingerprint density at radius 1 is 0.264 bits per heavy atom. The van der Waals surface area contributed by atoms with Crippen LogP contribution in [-0.2, 0) is 65.4 Å². The van der Waals surface area contributed by atoms with Crippen molar-refractivity contribution >= 4 is 39.5 Å². The Labute approximate surface area is 677 Å². The van der Waals surface area contributed by atoms with Crippen molar-refractivity contribution in [2.45, 2.75) is 509 Å². The van der Waals surface area contributed by atoms with Gasteiger partial charge in [-0.1, -0.05) is 440 Å². The van der Waals surface area contributed by atoms with E-state index in [1.54, 1.807) is 0 Å². The zero-order valence-corrected chi connectivity index (χ0v) is 74.4. The number of aliphatic hydroxyl groups excluding tert-OH is 1. The molecule has 0 aromatic heterocycles. The van der Waals surface area contributed by atoms with Crippen LogP contribution in [0, 0.1) is 11.8 Å². The Kier molecular flexibility index (Phi) is 80.7. The maximum absolute atomic E-state index is 13.2. The molecule has 0 aliphatic heterocycles. The molecule has 0 bridgehead atoms. The first kappa shape index (κ1) is 108. The third kappa shape index (κ3) is 82.6. The number of hydrogen-bond acceptors (Lipinski definition) is 15. The second-order valence-electron chi connectivity index (χ2n) is 33.4. The molecule has 0 rings (SSSR count). The van der Waals surface area contributed by atoms with E-state index >= 15 is 0 Å². The number of esters is 4. The van der Waals surface area contributed by atoms with Crippen LogP contribution in [-0.4, -0.2) is 96.7 Å². The lowest BCUT2D eigenvalue weighted by atomic mass is 10.00. The van der Waals surface area contributed by atoms with Crippen LogP contribution in [0.1, 0.15) is 491 Å². The van der Waals surface area contributed by atoms with E-state index in [9.17, 15) is 43.2 Å². The average Bonchev–Trinajstić information content (AvgIpc) is 0.900. The third-order valence-corrected chi connectivity index (χ3v) is 23.7. The van der Waals surface area contributed by atoms with Gasteiger partial charge in [0.1, 0.15) is 19.3 Å². The molecule has 3 unspecified atom stereocenters. The minimum Gasteiger partial charge on any atom is -0.462 e. The van der Waals surface area contributed by atoms with E-state index in [2.05, 4.69) is 41.5 Å². The first-order chi connectivity index (χ1) is 53.4. The van der Waals surface area contributed by atoms with Crippen molar-refractivity contribution < 1.29 is 80.2 Å². The number of carbonyl (C=O) groups is 4. The number of carbonyl (C=O) groups excluding carboxylic acids is 4. The normalized spacial score (nSPS) is 14.0. The maximum atomic E-state index is 13.2. The molecule has 0 aromatic carbocycles. The summed E-state index contributed by atoms with van der Waals surface area (Å²) >= 11 is 0. The van der Waals surface area contributed by atoms with Crippen LogP contribution in [0.15, 0.2) is 0 Å². The fourth-order valence-corrected chi connectivity index (χ4v) is 15.9. The summed E-state index contributed by atoms with van der Waals surface area (Å²) < 4.78 is 69.0. The minimum absolute atomic E-state index is 0.108. The molecule has 19 heteroatoms. The molecular formula is C91H178O17P2. The average molecular weight is 1610 g/mol. The molecule has 0 radical (unpaired) electrons. The Morgan fingerprint density at radius 2 is 0.464 bits per heavy atom. The highest BCUT2D eigenvalue weighted by molar-refractivity contribution is 7.47. The fraction of sp³-hybridized carbons (Fsp3) is 0.956. The van der Waals surface area contributed by atoms with Gasteiger partial charge in [-0.25, -0.2) is 9.13 Å². The number of phosphoric acid groups is 2. The van der Waals surface area contributed by atoms with Crippen LogP contribution in [0.4, 0.5) is 0 Å². The van der Waals surface area contributed by atoms with Gasteiger partial charge < -0.3 is 33.8 Å². The van der Waals surface area contributed by atoms with Crippen LogP contribution >= 0.6 is 15.6 Å². The van der Waals surface area contributed by atoms with Gasteiger partial charge in [0.25, 0.3) is 0 Å². The van der Waals surface area contributed by atoms with E-state index in [0.717, 1.165) is 108 Å². The number of unbranched alkanes of at least 4 members (excludes halogenated alkanes) is 59. The van der Waals surface area contributed by atoms with Gasteiger partial charge >= 0.3 is 39.5 Å². The van der Waals surface area contributed by atoms with Gasteiger partial charge in [-0.15, -0.1) is 0 Å². The van der Waals surface area contributed by atoms with Crippen molar-refractivity contribution in [3.05, 3.63) is 0 Å². The first-order valence-electron chi connectivity index (χ1n) is 47.0. The lowest BCUT2D eigenvalue weighted by molar-refractivity contribution is -0.161. The standard InChI is InChI=1S/C91H178O17P2/c1-7-10-12-14-16-18-20-22-24-26-28-29-30-32-34-40-44-48-52-56-63-69-75-90(95)107-86(79-101-88(93)73-67-61-54-50-46-42-38-36-35-37-41-45-49-53-59-65-71-83(4)5)81-105-109(97,98)103-77-85(92)78-104-110(99,100)106-82-87(80-102-89(94)74-68-62-58-57-60-66-72-84(6)9-3)108-91(96)76-70-64-55-51-47-43-39-33-31-27-25-23-21-19-17-15-13-11-8-2/h83-87,92H,7-82H2,1-6H3,(H,97,98)(H,99,100)/t84?,85-,86-,87-/m1/s1. The minimum atomic E-state index is -4.97. The molecule has 0 saturated carbocycles. The monoisotopic (exact) mass is 1610 g/mol. The van der Waals surface area contributed by atoms with E-state index in [1.807, 2.05) is 0 Å². The highest BCUT2D eigenvalue weighted by Gasteiger charge is 2.31. The van der Waals surface area contributed by atoms with Gasteiger partial charge in [-0.05, 0) is 37.5 Å². The van der Waals surface area contributed by atoms with Crippen molar-refractivity contribution in [3.8, 4) is 0 Å². The molecule has 110 heavy (non-hydrogen) atoms. The molecule has 0 fully saturated rings. The zero-order chi connectivity index (χ0) is 80.6. The lowest BCUT2D eigenvalue weighted by Crippen LogP contribution is -2.30. The van der Waals surface area contributed by atoms with Gasteiger partial charge in [-0.2, -0.15) is 0 Å². The zero-order valence-electron chi connectivity index (χ0n) is 72.6. The number of ether oxygens (including phenoxy) is 4. The van der Waals surface area contributed by atoms with Crippen LogP contribution in [0.3, 0.4) is 0 Å². The van der Waals surface area contributed by atoms with Crippen molar-refractivity contribution in [3.63, 3.8) is 0 Å². The van der Waals surface area contributed by atoms with Gasteiger partial charge in [0.2, 0.25) is 0 Å². The predicted molar refractivity (Wildman–Crippen MR) is 455 cm³/mol. The summed E-state index contributed by atoms with van der Waals surface area (Å²) in [4.78, 5) is 73.4. The predicted octanol–water partition coefficient (Wildman–Crippen LogP) is 28.2. The summed E-state index contributed by atoms with van der Waals surface area (Å²) in [6.45, 7) is 9.69. The molecular weight excluding hydrogens is 1430 g/mol. The second kappa shape index (κ2) is 82.2. The number of aliphatic hydroxyl groups is 1. The third-order valence-electron chi connectivity index (χ3n) is 21.8. The molecule has 17 nitrogen and oxygen atoms in total. The Morgan fingerprint density at radius 3 is 0.691 bits per heavy atom. The number of phosphoric ester groups is 2. The summed E-state index contributed by atoms with van der Waals surface area (Å²) in [6.07, 6.45) is 76.6.